The van der Waals surface area contributed by atoms with Crippen molar-refractivity contribution in [2.45, 2.75) is 84.1 Å². The van der Waals surface area contributed by atoms with Crippen molar-refractivity contribution in [3.05, 3.63) is 23.4 Å². The van der Waals surface area contributed by atoms with Crippen molar-refractivity contribution in [3.63, 3.8) is 0 Å². The van der Waals surface area contributed by atoms with Gasteiger partial charge in [-0.3, -0.25) is 14.4 Å². The summed E-state index contributed by atoms with van der Waals surface area (Å²) in [6.45, 7) is 7.77. The second-order valence-corrected chi connectivity index (χ2v) is 12.9. The molecule has 0 radical (unpaired) electrons. The molecule has 2 aliphatic heterocycles. The first-order valence-corrected chi connectivity index (χ1v) is 16.2. The van der Waals surface area contributed by atoms with Crippen LogP contribution in [-0.2, 0) is 32.0 Å². The molecule has 2 fully saturated rings. The zero-order valence-electron chi connectivity index (χ0n) is 25.8. The normalized spacial score (nSPS) is 23.0. The fourth-order valence-electron chi connectivity index (χ4n) is 6.48. The molecule has 4 rings (SSSR count). The van der Waals surface area contributed by atoms with Crippen LogP contribution >= 0.6 is 0 Å². The maximum atomic E-state index is 13.1. The third kappa shape index (κ3) is 9.64. The van der Waals surface area contributed by atoms with Crippen LogP contribution in [0, 0.1) is 23.7 Å². The molecule has 4 atom stereocenters. The van der Waals surface area contributed by atoms with Gasteiger partial charge in [-0.25, -0.2) is 9.78 Å². The Morgan fingerprint density at radius 1 is 0.977 bits per heavy atom. The summed E-state index contributed by atoms with van der Waals surface area (Å²) >= 11 is 0. The molecule has 1 aliphatic carbocycles. The van der Waals surface area contributed by atoms with Gasteiger partial charge in [0, 0.05) is 43.7 Å². The minimum Gasteiger partial charge on any atom is -0.480 e. The van der Waals surface area contributed by atoms with Crippen LogP contribution in [0.2, 0.25) is 0 Å². The quantitative estimate of drug-likeness (QED) is 0.232. The molecule has 0 unspecified atom stereocenters. The lowest BCUT2D eigenvalue weighted by Crippen LogP contribution is -2.53. The third-order valence-electron chi connectivity index (χ3n) is 8.95. The first-order valence-electron chi connectivity index (χ1n) is 16.2. The molecule has 3 heterocycles. The molecule has 43 heavy (non-hydrogen) atoms. The van der Waals surface area contributed by atoms with Crippen LogP contribution in [0.5, 0.6) is 0 Å². The number of nitrogens with one attached hydrogen (secondary N) is 4. The number of amides is 3. The molecule has 1 aromatic rings. The van der Waals surface area contributed by atoms with Gasteiger partial charge in [0.1, 0.15) is 11.9 Å². The van der Waals surface area contributed by atoms with E-state index in [1.54, 1.807) is 0 Å². The minimum atomic E-state index is -1.25. The number of fused-ring (bicyclic) bond motifs is 1. The highest BCUT2D eigenvalue weighted by Gasteiger charge is 2.37. The monoisotopic (exact) mass is 598 g/mol. The number of carboxylic acids is 1. The summed E-state index contributed by atoms with van der Waals surface area (Å²) in [4.78, 5) is 58.0. The van der Waals surface area contributed by atoms with Gasteiger partial charge >= 0.3 is 5.97 Å². The molecule has 1 saturated carbocycles. The second-order valence-electron chi connectivity index (χ2n) is 12.9. The van der Waals surface area contributed by atoms with Gasteiger partial charge in [-0.15, -0.1) is 0 Å². The molecule has 0 spiro atoms. The molecule has 3 aliphatic rings. The predicted molar refractivity (Wildman–Crippen MR) is 164 cm³/mol. The van der Waals surface area contributed by atoms with E-state index in [1.165, 1.54) is 5.56 Å². The first-order chi connectivity index (χ1) is 20.7. The number of hydrogen-bond acceptors (Lipinski definition) is 7. The third-order valence-corrected chi connectivity index (χ3v) is 8.95. The predicted octanol–water partition coefficient (Wildman–Crippen LogP) is 2.35. The zero-order valence-corrected chi connectivity index (χ0v) is 25.8. The Kier molecular flexibility index (Phi) is 12.2. The Hall–Kier alpha value is -3.21. The summed E-state index contributed by atoms with van der Waals surface area (Å²) in [5, 5.41) is 21.5. The number of hydrogen-bond donors (Lipinski definition) is 5. The van der Waals surface area contributed by atoms with Crippen molar-refractivity contribution in [2.24, 2.45) is 23.7 Å². The average molecular weight is 599 g/mol. The first kappa shape index (κ1) is 32.7. The van der Waals surface area contributed by atoms with E-state index in [1.807, 2.05) is 13.8 Å². The number of aliphatic carboxylic acids is 1. The maximum absolute atomic E-state index is 13.1. The second kappa shape index (κ2) is 16.0. The zero-order chi connectivity index (χ0) is 30.8. The van der Waals surface area contributed by atoms with E-state index in [0.717, 1.165) is 82.5 Å². The molecule has 1 saturated heterocycles. The topological polar surface area (TPSA) is 153 Å². The lowest BCUT2D eigenvalue weighted by molar-refractivity contribution is -0.144. The number of nitrogens with zero attached hydrogens (tertiary/aromatic N) is 2. The summed E-state index contributed by atoms with van der Waals surface area (Å²) in [5.74, 6) is -1.92. The Balaban J connectivity index is 1.22. The van der Waals surface area contributed by atoms with E-state index in [9.17, 15) is 24.3 Å². The van der Waals surface area contributed by atoms with Crippen molar-refractivity contribution in [1.29, 1.82) is 0 Å². The Bertz CT molecular complexity index is 1130. The lowest BCUT2D eigenvalue weighted by Gasteiger charge is -2.32. The Morgan fingerprint density at radius 2 is 1.72 bits per heavy atom. The number of pyridine rings is 1. The van der Waals surface area contributed by atoms with Crippen LogP contribution in [0.4, 0.5) is 5.82 Å². The van der Waals surface area contributed by atoms with Gasteiger partial charge in [-0.05, 0) is 82.0 Å². The summed E-state index contributed by atoms with van der Waals surface area (Å²) in [6, 6.07) is 3.04. The van der Waals surface area contributed by atoms with E-state index in [2.05, 4.69) is 38.3 Å². The number of carbonyl (C=O) groups is 4. The molecule has 0 aromatic carbocycles. The van der Waals surface area contributed by atoms with E-state index >= 15 is 0 Å². The molecule has 238 valence electrons. The largest absolute Gasteiger partial charge is 0.480 e. The van der Waals surface area contributed by atoms with Gasteiger partial charge in [0.15, 0.2) is 0 Å². The minimum absolute atomic E-state index is 0.147. The van der Waals surface area contributed by atoms with Crippen molar-refractivity contribution in [2.75, 3.05) is 44.6 Å². The van der Waals surface area contributed by atoms with Gasteiger partial charge < -0.3 is 31.3 Å². The fraction of sp³-hybridized carbons (Fsp3) is 0.719. The number of aromatic nitrogens is 1. The van der Waals surface area contributed by atoms with E-state index in [4.69, 9.17) is 4.98 Å². The van der Waals surface area contributed by atoms with E-state index in [0.29, 0.717) is 31.8 Å². The SMILES string of the molecule is CC(C)CNC(=O)[C@@H]1CCCC[C@H]1C(=O)N[C@@H](CNC(=O)[C@@H]1CCCN(CCCc2ccc3c(n2)NCCC3)C1)C(=O)O. The Labute approximate surface area is 255 Å². The fourth-order valence-corrected chi connectivity index (χ4v) is 6.48. The number of carbonyl (C=O) groups excluding carboxylic acids is 3. The van der Waals surface area contributed by atoms with Gasteiger partial charge in [0.05, 0.1) is 5.92 Å². The molecule has 1 aromatic heterocycles. The highest BCUT2D eigenvalue weighted by molar-refractivity contribution is 5.90. The molecule has 0 bridgehead atoms. The summed E-state index contributed by atoms with van der Waals surface area (Å²) in [5.41, 5.74) is 2.37. The van der Waals surface area contributed by atoms with Crippen LogP contribution < -0.4 is 21.3 Å². The van der Waals surface area contributed by atoms with Crippen LogP contribution in [-0.4, -0.2) is 84.0 Å². The number of piperidine rings is 1. The molecule has 11 heteroatoms. The molecule has 3 amide bonds. The molecular weight excluding hydrogens is 548 g/mol. The number of rotatable bonds is 13. The average Bonchev–Trinajstić information content (AvgIpc) is 3.01. The van der Waals surface area contributed by atoms with Gasteiger partial charge in [0.2, 0.25) is 17.7 Å². The van der Waals surface area contributed by atoms with Gasteiger partial charge in [-0.1, -0.05) is 32.8 Å². The van der Waals surface area contributed by atoms with Gasteiger partial charge in [0.25, 0.3) is 0 Å². The highest BCUT2D eigenvalue weighted by Crippen LogP contribution is 2.30. The number of likely N-dealkylation sites (tertiary alicyclic amines) is 1. The van der Waals surface area contributed by atoms with E-state index in [-0.39, 0.29) is 24.3 Å². The summed E-state index contributed by atoms with van der Waals surface area (Å²) < 4.78 is 0. The smallest absolute Gasteiger partial charge is 0.328 e. The number of carboxylic acid groups (broad SMARTS) is 1. The van der Waals surface area contributed by atoms with Crippen LogP contribution in [0.1, 0.15) is 76.5 Å². The molecular formula is C32H50N6O5. The summed E-state index contributed by atoms with van der Waals surface area (Å²) in [7, 11) is 0. The van der Waals surface area contributed by atoms with Crippen LogP contribution in [0.15, 0.2) is 12.1 Å². The molecule has 11 nitrogen and oxygen atoms in total. The van der Waals surface area contributed by atoms with Gasteiger partial charge in [-0.2, -0.15) is 0 Å². The van der Waals surface area contributed by atoms with Crippen LogP contribution in [0.25, 0.3) is 0 Å². The lowest BCUT2D eigenvalue weighted by atomic mass is 9.78. The van der Waals surface area contributed by atoms with Crippen molar-refractivity contribution >= 4 is 29.5 Å². The standard InChI is InChI=1S/C32H50N6O5/c1-21(2)18-34-30(40)25-11-3-4-12-26(25)31(41)37-27(32(42)43)19-35-29(39)23-9-6-16-38(20-23)17-7-10-24-14-13-22-8-5-15-33-28(22)36-24/h13-14,21,23,25-27H,3-12,15-20H2,1-2H3,(H,33,36)(H,34,40)(H,35,39)(H,37,41)(H,42,43)/t23-,25-,26-,27+/m1/s1. The van der Waals surface area contributed by atoms with Crippen molar-refractivity contribution < 1.29 is 24.3 Å². The van der Waals surface area contributed by atoms with E-state index < -0.39 is 29.8 Å². The number of anilines is 1. The highest BCUT2D eigenvalue weighted by atomic mass is 16.4. The number of aryl methyl sites for hydroxylation is 2. The maximum Gasteiger partial charge on any atom is 0.328 e. The van der Waals surface area contributed by atoms with Crippen LogP contribution in [0.3, 0.4) is 0 Å². The summed E-state index contributed by atoms with van der Waals surface area (Å²) in [6.07, 6.45) is 8.53. The van der Waals surface area contributed by atoms with Crippen molar-refractivity contribution in [3.8, 4) is 0 Å². The molecule has 5 N–H and O–H groups in total. The Morgan fingerprint density at radius 3 is 2.47 bits per heavy atom. The van der Waals surface area contributed by atoms with Crippen molar-refractivity contribution in [1.82, 2.24) is 25.8 Å².